The van der Waals surface area contributed by atoms with Crippen molar-refractivity contribution in [1.29, 1.82) is 0 Å². The molecule has 0 aromatic carbocycles. The molecule has 0 fully saturated rings. The Hall–Kier alpha value is -1.36. The molecule has 5 nitrogen and oxygen atoms in total. The van der Waals surface area contributed by atoms with Crippen LogP contribution in [0.4, 0.5) is 0 Å². The molecule has 0 radical (unpaired) electrons. The number of allylic oxidation sites excluding steroid dienone is 1. The lowest BCUT2D eigenvalue weighted by Crippen LogP contribution is -2.16. The van der Waals surface area contributed by atoms with Crippen LogP contribution in [0, 0.1) is 0 Å². The molecule has 0 saturated heterocycles. The van der Waals surface area contributed by atoms with E-state index in [0.717, 1.165) is 0 Å². The molecule has 0 atom stereocenters. The highest BCUT2D eigenvalue weighted by molar-refractivity contribution is 5.84. The van der Waals surface area contributed by atoms with E-state index in [4.69, 9.17) is 9.47 Å². The second kappa shape index (κ2) is 9.21. The highest BCUT2D eigenvalue weighted by atomic mass is 16.6. The van der Waals surface area contributed by atoms with E-state index in [1.807, 2.05) is 0 Å². The molecule has 0 aromatic heterocycles. The Labute approximate surface area is 89.0 Å². The Morgan fingerprint density at radius 3 is 2.53 bits per heavy atom. The highest BCUT2D eigenvalue weighted by Gasteiger charge is 2.05. The van der Waals surface area contributed by atoms with Crippen LogP contribution in [0.25, 0.3) is 0 Å². The lowest BCUT2D eigenvalue weighted by Gasteiger charge is -2.04. The molecule has 0 saturated carbocycles. The van der Waals surface area contributed by atoms with Crippen molar-refractivity contribution in [3.8, 4) is 0 Å². The minimum absolute atomic E-state index is 0.272. The summed E-state index contributed by atoms with van der Waals surface area (Å²) in [5.41, 5.74) is 0. The van der Waals surface area contributed by atoms with Gasteiger partial charge in [-0.15, -0.1) is 0 Å². The third-order valence-electron chi connectivity index (χ3n) is 1.39. The lowest BCUT2D eigenvalue weighted by molar-refractivity contribution is -0.156. The topological polar surface area (TPSA) is 61.8 Å². The van der Waals surface area contributed by atoms with Gasteiger partial charge in [-0.1, -0.05) is 6.08 Å². The fourth-order valence-electron chi connectivity index (χ4n) is 0.745. The first-order valence-corrected chi connectivity index (χ1v) is 4.64. The maximum atomic E-state index is 11.0. The van der Waals surface area contributed by atoms with Crippen molar-refractivity contribution in [3.63, 3.8) is 0 Å². The van der Waals surface area contributed by atoms with E-state index in [1.165, 1.54) is 12.2 Å². The summed E-state index contributed by atoms with van der Waals surface area (Å²) >= 11 is 0. The largest absolute Gasteiger partial charge is 0.463 e. The van der Waals surface area contributed by atoms with E-state index in [0.29, 0.717) is 13.0 Å². The summed E-state index contributed by atoms with van der Waals surface area (Å²) in [4.78, 5) is 21.7. The third kappa shape index (κ3) is 8.96. The summed E-state index contributed by atoms with van der Waals surface area (Å²) < 4.78 is 14.1. The molecule has 86 valence electrons. The summed E-state index contributed by atoms with van der Waals surface area (Å²) in [7, 11) is 1.57. The van der Waals surface area contributed by atoms with Crippen molar-refractivity contribution in [1.82, 2.24) is 0 Å². The maximum absolute atomic E-state index is 11.0. The van der Waals surface area contributed by atoms with Gasteiger partial charge in [-0.3, -0.25) is 0 Å². The lowest BCUT2D eigenvalue weighted by atomic mass is 10.5. The first-order valence-electron chi connectivity index (χ1n) is 4.64. The number of esters is 2. The van der Waals surface area contributed by atoms with E-state index in [-0.39, 0.29) is 13.2 Å². The molecule has 0 unspecified atom stereocenters. The molecule has 0 rings (SSSR count). The zero-order valence-electron chi connectivity index (χ0n) is 9.02. The predicted molar refractivity (Wildman–Crippen MR) is 53.2 cm³/mol. The second-order valence-electron chi connectivity index (χ2n) is 2.67. The van der Waals surface area contributed by atoms with Gasteiger partial charge in [0, 0.05) is 26.2 Å². The molecule has 0 bridgehead atoms. The van der Waals surface area contributed by atoms with Crippen LogP contribution >= 0.6 is 0 Å². The van der Waals surface area contributed by atoms with Crippen LogP contribution in [0.2, 0.25) is 0 Å². The number of ether oxygens (including phenoxy) is 3. The van der Waals surface area contributed by atoms with Crippen molar-refractivity contribution >= 4 is 11.9 Å². The molecule has 0 heterocycles. The Balaban J connectivity index is 3.45. The first-order chi connectivity index (χ1) is 7.20. The van der Waals surface area contributed by atoms with Gasteiger partial charge < -0.3 is 14.2 Å². The molecular formula is C10H16O5. The van der Waals surface area contributed by atoms with Crippen molar-refractivity contribution in [2.45, 2.75) is 13.3 Å². The van der Waals surface area contributed by atoms with E-state index < -0.39 is 11.9 Å². The number of methoxy groups -OCH3 is 1. The van der Waals surface area contributed by atoms with Crippen LogP contribution in [-0.4, -0.2) is 38.9 Å². The van der Waals surface area contributed by atoms with Gasteiger partial charge in [-0.25, -0.2) is 9.59 Å². The predicted octanol–water partition coefficient (Wildman–Crippen LogP) is 0.685. The third-order valence-corrected chi connectivity index (χ3v) is 1.39. The van der Waals surface area contributed by atoms with Gasteiger partial charge in [0.1, 0.15) is 0 Å². The average molecular weight is 216 g/mol. The van der Waals surface area contributed by atoms with Gasteiger partial charge in [0.15, 0.2) is 6.61 Å². The molecule has 0 aliphatic rings. The van der Waals surface area contributed by atoms with Gasteiger partial charge >= 0.3 is 11.9 Å². The Bertz CT molecular complexity index is 222. The highest BCUT2D eigenvalue weighted by Crippen LogP contribution is 1.88. The van der Waals surface area contributed by atoms with Crippen LogP contribution in [0.5, 0.6) is 0 Å². The SMILES string of the molecule is C/C=C\C(=O)OCC(=O)OCCCOC. The van der Waals surface area contributed by atoms with Crippen LogP contribution < -0.4 is 0 Å². The molecule has 0 aliphatic heterocycles. The van der Waals surface area contributed by atoms with Crippen LogP contribution in [0.3, 0.4) is 0 Å². The van der Waals surface area contributed by atoms with Crippen molar-refractivity contribution in [2.75, 3.05) is 26.9 Å². The van der Waals surface area contributed by atoms with Crippen LogP contribution in [-0.2, 0) is 23.8 Å². The number of hydrogen-bond acceptors (Lipinski definition) is 5. The monoisotopic (exact) mass is 216 g/mol. The summed E-state index contributed by atoms with van der Waals surface area (Å²) in [6, 6.07) is 0. The first kappa shape index (κ1) is 13.6. The van der Waals surface area contributed by atoms with E-state index in [9.17, 15) is 9.59 Å². The summed E-state index contributed by atoms with van der Waals surface area (Å²) in [6.07, 6.45) is 3.40. The second-order valence-corrected chi connectivity index (χ2v) is 2.67. The minimum atomic E-state index is -0.552. The molecule has 0 spiro atoms. The fraction of sp³-hybridized carbons (Fsp3) is 0.600. The minimum Gasteiger partial charge on any atom is -0.463 e. The summed E-state index contributed by atoms with van der Waals surface area (Å²) in [6.45, 7) is 2.14. The Morgan fingerprint density at radius 1 is 1.20 bits per heavy atom. The standard InChI is InChI=1S/C10H16O5/c1-3-5-9(11)15-8-10(12)14-7-4-6-13-2/h3,5H,4,6-8H2,1-2H3/b5-3-. The Morgan fingerprint density at radius 2 is 1.93 bits per heavy atom. The van der Waals surface area contributed by atoms with Gasteiger partial charge in [0.2, 0.25) is 0 Å². The Kier molecular flexibility index (Phi) is 8.37. The normalized spacial score (nSPS) is 10.3. The number of rotatable bonds is 7. The summed E-state index contributed by atoms with van der Waals surface area (Å²) in [5, 5.41) is 0. The number of hydrogen-bond donors (Lipinski definition) is 0. The van der Waals surface area contributed by atoms with Crippen molar-refractivity contribution in [3.05, 3.63) is 12.2 Å². The molecule has 0 aliphatic carbocycles. The van der Waals surface area contributed by atoms with Gasteiger partial charge in [0.25, 0.3) is 0 Å². The average Bonchev–Trinajstić information content (AvgIpc) is 2.22. The van der Waals surface area contributed by atoms with Gasteiger partial charge in [0.05, 0.1) is 6.61 Å². The van der Waals surface area contributed by atoms with Crippen molar-refractivity contribution < 1.29 is 23.8 Å². The molecule has 0 N–H and O–H groups in total. The quantitative estimate of drug-likeness (QED) is 0.356. The summed E-state index contributed by atoms with van der Waals surface area (Å²) in [5.74, 6) is -1.10. The number of carbonyl (C=O) groups excluding carboxylic acids is 2. The molecule has 0 aromatic rings. The van der Waals surface area contributed by atoms with Gasteiger partial charge in [-0.2, -0.15) is 0 Å². The molecule has 0 amide bonds. The fourth-order valence-corrected chi connectivity index (χ4v) is 0.745. The van der Waals surface area contributed by atoms with Crippen LogP contribution in [0.15, 0.2) is 12.2 Å². The maximum Gasteiger partial charge on any atom is 0.344 e. The van der Waals surface area contributed by atoms with E-state index in [2.05, 4.69) is 4.74 Å². The van der Waals surface area contributed by atoms with E-state index >= 15 is 0 Å². The van der Waals surface area contributed by atoms with E-state index in [1.54, 1.807) is 14.0 Å². The molecular weight excluding hydrogens is 200 g/mol. The molecule has 15 heavy (non-hydrogen) atoms. The smallest absolute Gasteiger partial charge is 0.344 e. The number of carbonyl (C=O) groups is 2. The van der Waals surface area contributed by atoms with Crippen molar-refractivity contribution in [2.24, 2.45) is 0 Å². The van der Waals surface area contributed by atoms with Crippen LogP contribution in [0.1, 0.15) is 13.3 Å². The van der Waals surface area contributed by atoms with Gasteiger partial charge in [-0.05, 0) is 6.92 Å². The zero-order chi connectivity index (χ0) is 11.5. The zero-order valence-corrected chi connectivity index (χ0v) is 9.02. The molecule has 5 heteroatoms.